The summed E-state index contributed by atoms with van der Waals surface area (Å²) >= 11 is 1.95. The Balaban J connectivity index is 1.40. The molecule has 1 aliphatic carbocycles. The Hall–Kier alpha value is -0.380. The molecule has 2 heterocycles. The SMILES string of the molecule is CCc1ccc(CNCC2CCC3CCCCC3N2)s1. The number of hydrogen-bond donors (Lipinski definition) is 2. The molecule has 2 fully saturated rings. The molecule has 2 nitrogen and oxygen atoms in total. The van der Waals surface area contributed by atoms with Gasteiger partial charge in [-0.2, -0.15) is 0 Å². The molecule has 0 aromatic carbocycles. The molecule has 20 heavy (non-hydrogen) atoms. The van der Waals surface area contributed by atoms with Crippen LogP contribution in [0.15, 0.2) is 12.1 Å². The summed E-state index contributed by atoms with van der Waals surface area (Å²) < 4.78 is 0. The summed E-state index contributed by atoms with van der Waals surface area (Å²) in [6, 6.07) is 6.06. The average Bonchev–Trinajstić information content (AvgIpc) is 2.95. The Morgan fingerprint density at radius 3 is 2.85 bits per heavy atom. The van der Waals surface area contributed by atoms with Crippen LogP contribution >= 0.6 is 11.3 Å². The second kappa shape index (κ2) is 7.06. The first-order chi connectivity index (χ1) is 9.85. The van der Waals surface area contributed by atoms with Crippen LogP contribution in [0.2, 0.25) is 0 Å². The number of hydrogen-bond acceptors (Lipinski definition) is 3. The topological polar surface area (TPSA) is 24.1 Å². The van der Waals surface area contributed by atoms with Gasteiger partial charge in [0.2, 0.25) is 0 Å². The maximum Gasteiger partial charge on any atom is 0.0300 e. The van der Waals surface area contributed by atoms with Crippen molar-refractivity contribution in [3.63, 3.8) is 0 Å². The predicted octanol–water partition coefficient (Wildman–Crippen LogP) is 3.71. The monoisotopic (exact) mass is 292 g/mol. The van der Waals surface area contributed by atoms with Gasteiger partial charge in [0.05, 0.1) is 0 Å². The summed E-state index contributed by atoms with van der Waals surface area (Å²) in [5, 5.41) is 7.55. The lowest BCUT2D eigenvalue weighted by Crippen LogP contribution is -2.52. The molecule has 0 spiro atoms. The van der Waals surface area contributed by atoms with E-state index < -0.39 is 0 Å². The highest BCUT2D eigenvalue weighted by Crippen LogP contribution is 2.32. The van der Waals surface area contributed by atoms with Gasteiger partial charge in [-0.3, -0.25) is 0 Å². The summed E-state index contributed by atoms with van der Waals surface area (Å²) in [5.74, 6) is 0.976. The van der Waals surface area contributed by atoms with Crippen LogP contribution in [0.3, 0.4) is 0 Å². The summed E-state index contributed by atoms with van der Waals surface area (Å²) in [6.07, 6.45) is 9.74. The molecule has 0 bridgehead atoms. The van der Waals surface area contributed by atoms with E-state index in [0.717, 1.165) is 31.5 Å². The lowest BCUT2D eigenvalue weighted by molar-refractivity contribution is 0.174. The third-order valence-electron chi connectivity index (χ3n) is 5.00. The summed E-state index contributed by atoms with van der Waals surface area (Å²) in [6.45, 7) is 4.40. The standard InChI is InChI=1S/C17H28N2S/c1-2-15-9-10-16(20-15)12-18-11-14-8-7-13-5-3-4-6-17(13)19-14/h9-10,13-14,17-19H,2-8,11-12H2,1H3. The van der Waals surface area contributed by atoms with E-state index in [0.29, 0.717) is 6.04 Å². The zero-order valence-electron chi connectivity index (χ0n) is 12.7. The molecule has 1 aromatic heterocycles. The van der Waals surface area contributed by atoms with E-state index in [1.165, 1.54) is 48.3 Å². The second-order valence-corrected chi connectivity index (χ2v) is 7.70. The molecule has 1 aromatic rings. The number of aryl methyl sites for hydroxylation is 1. The van der Waals surface area contributed by atoms with E-state index in [9.17, 15) is 0 Å². The molecule has 3 rings (SSSR count). The Morgan fingerprint density at radius 1 is 1.15 bits per heavy atom. The maximum absolute atomic E-state index is 3.90. The fourth-order valence-electron chi connectivity index (χ4n) is 3.81. The Morgan fingerprint density at radius 2 is 2.00 bits per heavy atom. The molecule has 0 radical (unpaired) electrons. The number of rotatable bonds is 5. The lowest BCUT2D eigenvalue weighted by atomic mass is 9.78. The first-order valence-electron chi connectivity index (χ1n) is 8.39. The van der Waals surface area contributed by atoms with Gasteiger partial charge in [-0.15, -0.1) is 11.3 Å². The maximum atomic E-state index is 3.90. The quantitative estimate of drug-likeness (QED) is 0.864. The molecule has 2 aliphatic rings. The molecule has 1 aliphatic heterocycles. The van der Waals surface area contributed by atoms with Crippen molar-refractivity contribution in [1.29, 1.82) is 0 Å². The smallest absolute Gasteiger partial charge is 0.0300 e. The second-order valence-electron chi connectivity index (χ2n) is 6.44. The van der Waals surface area contributed by atoms with Crippen LogP contribution < -0.4 is 10.6 Å². The summed E-state index contributed by atoms with van der Waals surface area (Å²) in [7, 11) is 0. The Bertz CT molecular complexity index is 415. The molecule has 3 heteroatoms. The van der Waals surface area contributed by atoms with Crippen molar-refractivity contribution in [3.8, 4) is 0 Å². The van der Waals surface area contributed by atoms with Crippen LogP contribution in [0.25, 0.3) is 0 Å². The van der Waals surface area contributed by atoms with Gasteiger partial charge in [0, 0.05) is 34.9 Å². The van der Waals surface area contributed by atoms with Crippen molar-refractivity contribution in [2.75, 3.05) is 6.54 Å². The zero-order valence-corrected chi connectivity index (χ0v) is 13.5. The van der Waals surface area contributed by atoms with Gasteiger partial charge >= 0.3 is 0 Å². The van der Waals surface area contributed by atoms with Gasteiger partial charge in [-0.1, -0.05) is 19.8 Å². The van der Waals surface area contributed by atoms with Crippen molar-refractivity contribution >= 4 is 11.3 Å². The predicted molar refractivity (Wildman–Crippen MR) is 87.3 cm³/mol. The Kier molecular flexibility index (Phi) is 5.14. The molecule has 0 amide bonds. The molecule has 1 saturated heterocycles. The molecule has 3 unspecified atom stereocenters. The van der Waals surface area contributed by atoms with E-state index in [1.54, 1.807) is 0 Å². The minimum atomic E-state index is 0.694. The van der Waals surface area contributed by atoms with Gasteiger partial charge in [0.15, 0.2) is 0 Å². The van der Waals surface area contributed by atoms with E-state index in [4.69, 9.17) is 0 Å². The molecule has 3 atom stereocenters. The number of fused-ring (bicyclic) bond motifs is 1. The fraction of sp³-hybridized carbons (Fsp3) is 0.765. The normalized spacial score (nSPS) is 30.1. The van der Waals surface area contributed by atoms with E-state index in [-0.39, 0.29) is 0 Å². The minimum absolute atomic E-state index is 0.694. The highest BCUT2D eigenvalue weighted by atomic mass is 32.1. The fourth-order valence-corrected chi connectivity index (χ4v) is 4.74. The Labute approximate surface area is 127 Å². The van der Waals surface area contributed by atoms with Gasteiger partial charge in [-0.05, 0) is 50.2 Å². The number of thiophene rings is 1. The van der Waals surface area contributed by atoms with Crippen LogP contribution in [0, 0.1) is 5.92 Å². The van der Waals surface area contributed by atoms with Crippen LogP contribution in [0.5, 0.6) is 0 Å². The highest BCUT2D eigenvalue weighted by Gasteiger charge is 2.31. The number of nitrogens with one attached hydrogen (secondary N) is 2. The average molecular weight is 292 g/mol. The van der Waals surface area contributed by atoms with E-state index in [1.807, 2.05) is 11.3 Å². The minimum Gasteiger partial charge on any atom is -0.310 e. The van der Waals surface area contributed by atoms with Gasteiger partial charge < -0.3 is 10.6 Å². The van der Waals surface area contributed by atoms with Crippen LogP contribution in [0.1, 0.15) is 55.2 Å². The summed E-state index contributed by atoms with van der Waals surface area (Å²) in [5.41, 5.74) is 0. The van der Waals surface area contributed by atoms with Crippen LogP contribution in [-0.2, 0) is 13.0 Å². The van der Waals surface area contributed by atoms with Gasteiger partial charge in [-0.25, -0.2) is 0 Å². The summed E-state index contributed by atoms with van der Waals surface area (Å²) in [4.78, 5) is 2.98. The molecule has 112 valence electrons. The zero-order chi connectivity index (χ0) is 13.8. The van der Waals surface area contributed by atoms with Crippen molar-refractivity contribution in [2.45, 2.75) is 70.5 Å². The van der Waals surface area contributed by atoms with Crippen molar-refractivity contribution in [1.82, 2.24) is 10.6 Å². The molecule has 1 saturated carbocycles. The molecule has 2 N–H and O–H groups in total. The third-order valence-corrected chi connectivity index (χ3v) is 6.23. The van der Waals surface area contributed by atoms with Crippen LogP contribution in [0.4, 0.5) is 0 Å². The van der Waals surface area contributed by atoms with E-state index >= 15 is 0 Å². The van der Waals surface area contributed by atoms with Gasteiger partial charge in [0.1, 0.15) is 0 Å². The molecular weight excluding hydrogens is 264 g/mol. The van der Waals surface area contributed by atoms with E-state index in [2.05, 4.69) is 29.7 Å². The van der Waals surface area contributed by atoms with Crippen LogP contribution in [-0.4, -0.2) is 18.6 Å². The third kappa shape index (κ3) is 3.63. The highest BCUT2D eigenvalue weighted by molar-refractivity contribution is 7.11. The largest absolute Gasteiger partial charge is 0.310 e. The first-order valence-corrected chi connectivity index (χ1v) is 9.21. The van der Waals surface area contributed by atoms with Crippen molar-refractivity contribution in [2.24, 2.45) is 5.92 Å². The lowest BCUT2D eigenvalue weighted by Gasteiger charge is -2.40. The number of piperidine rings is 1. The van der Waals surface area contributed by atoms with Crippen molar-refractivity contribution in [3.05, 3.63) is 21.9 Å². The first kappa shape index (κ1) is 14.6. The van der Waals surface area contributed by atoms with Crippen molar-refractivity contribution < 1.29 is 0 Å². The molecular formula is C17H28N2S. The van der Waals surface area contributed by atoms with Gasteiger partial charge in [0.25, 0.3) is 0 Å².